The fourth-order valence-electron chi connectivity index (χ4n) is 1.92. The maximum Gasteiger partial charge on any atom is 0.228 e. The van der Waals surface area contributed by atoms with E-state index in [1.54, 1.807) is 4.90 Å². The van der Waals surface area contributed by atoms with Crippen molar-refractivity contribution in [3.05, 3.63) is 29.8 Å². The van der Waals surface area contributed by atoms with Crippen LogP contribution in [0.25, 0.3) is 0 Å². The fraction of sp³-hybridized carbons (Fsp3) is 0.417. The molecule has 1 heterocycles. The summed E-state index contributed by atoms with van der Waals surface area (Å²) in [7, 11) is 0. The second-order valence-electron chi connectivity index (χ2n) is 4.01. The Kier molecular flexibility index (Phi) is 3.46. The van der Waals surface area contributed by atoms with Crippen LogP contribution in [0.1, 0.15) is 12.0 Å². The van der Waals surface area contributed by atoms with Crippen LogP contribution in [0.5, 0.6) is 0 Å². The number of nitrogens with zero attached hydrogens (tertiary/aromatic N) is 1. The van der Waals surface area contributed by atoms with Crippen molar-refractivity contribution in [3.8, 4) is 0 Å². The first-order chi connectivity index (χ1) is 7.70. The molecule has 0 spiro atoms. The lowest BCUT2D eigenvalue weighted by atomic mass is 10.1. The van der Waals surface area contributed by atoms with Crippen LogP contribution in [-0.4, -0.2) is 24.4 Å². The van der Waals surface area contributed by atoms with E-state index in [-0.39, 0.29) is 11.3 Å². The van der Waals surface area contributed by atoms with Crippen LogP contribution >= 0.6 is 11.6 Å². The number of carbonyl (C=O) groups is 1. The number of nitrogens with two attached hydrogens (primary N) is 1. The summed E-state index contributed by atoms with van der Waals surface area (Å²) >= 11 is 5.95. The quantitative estimate of drug-likeness (QED) is 0.812. The topological polar surface area (TPSA) is 46.3 Å². The van der Waals surface area contributed by atoms with Gasteiger partial charge in [-0.1, -0.05) is 12.1 Å². The van der Waals surface area contributed by atoms with Gasteiger partial charge in [0.25, 0.3) is 0 Å². The summed E-state index contributed by atoms with van der Waals surface area (Å²) < 4.78 is 0. The number of benzene rings is 1. The third-order valence-corrected chi connectivity index (χ3v) is 3.05. The third-order valence-electron chi connectivity index (χ3n) is 2.76. The summed E-state index contributed by atoms with van der Waals surface area (Å²) in [5.41, 5.74) is 7.60. The van der Waals surface area contributed by atoms with Crippen LogP contribution in [0.15, 0.2) is 24.3 Å². The molecule has 2 rings (SSSR count). The van der Waals surface area contributed by atoms with E-state index in [1.807, 2.05) is 24.3 Å². The highest BCUT2D eigenvalue weighted by molar-refractivity contribution is 6.24. The molecule has 0 radical (unpaired) electrons. The van der Waals surface area contributed by atoms with E-state index in [2.05, 4.69) is 0 Å². The monoisotopic (exact) mass is 238 g/mol. The largest absolute Gasteiger partial charge is 0.330 e. The molecule has 0 aliphatic carbocycles. The Morgan fingerprint density at radius 1 is 1.38 bits per heavy atom. The maximum absolute atomic E-state index is 11.6. The van der Waals surface area contributed by atoms with Gasteiger partial charge in [0.15, 0.2) is 0 Å². The molecule has 1 atom stereocenters. The SMILES string of the molecule is NCCc1ccc(N2CC(Cl)CC2=O)cc1. The molecule has 86 valence electrons. The Hall–Kier alpha value is -1.06. The summed E-state index contributed by atoms with van der Waals surface area (Å²) in [6.07, 6.45) is 1.30. The first-order valence-electron chi connectivity index (χ1n) is 5.44. The molecule has 1 amide bonds. The number of hydrogen-bond acceptors (Lipinski definition) is 2. The summed E-state index contributed by atoms with van der Waals surface area (Å²) in [5.74, 6) is 0.103. The van der Waals surface area contributed by atoms with E-state index in [9.17, 15) is 4.79 Å². The smallest absolute Gasteiger partial charge is 0.228 e. The molecule has 1 aliphatic rings. The van der Waals surface area contributed by atoms with Crippen LogP contribution < -0.4 is 10.6 Å². The molecular formula is C12H15ClN2O. The lowest BCUT2D eigenvalue weighted by Gasteiger charge is -2.16. The molecule has 16 heavy (non-hydrogen) atoms. The second-order valence-corrected chi connectivity index (χ2v) is 4.63. The van der Waals surface area contributed by atoms with Gasteiger partial charge in [-0.25, -0.2) is 0 Å². The van der Waals surface area contributed by atoms with Crippen LogP contribution in [0.4, 0.5) is 5.69 Å². The van der Waals surface area contributed by atoms with E-state index in [0.717, 1.165) is 12.1 Å². The number of hydrogen-bond donors (Lipinski definition) is 1. The Labute approximate surface area is 100 Å². The predicted molar refractivity (Wildman–Crippen MR) is 65.8 cm³/mol. The molecule has 1 aromatic carbocycles. The van der Waals surface area contributed by atoms with Crippen LogP contribution in [0.3, 0.4) is 0 Å². The van der Waals surface area contributed by atoms with E-state index in [4.69, 9.17) is 17.3 Å². The van der Waals surface area contributed by atoms with Gasteiger partial charge in [-0.3, -0.25) is 4.79 Å². The molecule has 2 N–H and O–H groups in total. The Morgan fingerprint density at radius 2 is 2.06 bits per heavy atom. The van der Waals surface area contributed by atoms with Crippen molar-refractivity contribution in [1.29, 1.82) is 0 Å². The van der Waals surface area contributed by atoms with Crippen molar-refractivity contribution in [1.82, 2.24) is 0 Å². The highest BCUT2D eigenvalue weighted by Crippen LogP contribution is 2.24. The van der Waals surface area contributed by atoms with Crippen molar-refractivity contribution in [2.24, 2.45) is 5.73 Å². The molecular weight excluding hydrogens is 224 g/mol. The van der Waals surface area contributed by atoms with E-state index < -0.39 is 0 Å². The Balaban J connectivity index is 2.12. The van der Waals surface area contributed by atoms with Gasteiger partial charge in [-0.05, 0) is 30.7 Å². The lowest BCUT2D eigenvalue weighted by Crippen LogP contribution is -2.24. The minimum absolute atomic E-state index is 0.0591. The molecule has 3 nitrogen and oxygen atoms in total. The standard InChI is InChI=1S/C12H15ClN2O/c13-10-7-12(16)15(8-10)11-3-1-9(2-4-11)5-6-14/h1-4,10H,5-8,14H2. The number of halogens is 1. The Bertz CT molecular complexity index is 377. The van der Waals surface area contributed by atoms with Gasteiger partial charge in [0, 0.05) is 18.7 Å². The molecule has 0 bridgehead atoms. The molecule has 4 heteroatoms. The Morgan fingerprint density at radius 3 is 2.56 bits per heavy atom. The zero-order valence-corrected chi connectivity index (χ0v) is 9.78. The van der Waals surface area contributed by atoms with Crippen molar-refractivity contribution in [2.75, 3.05) is 18.0 Å². The average Bonchev–Trinajstić information content (AvgIpc) is 2.59. The van der Waals surface area contributed by atoms with Gasteiger partial charge in [0.05, 0.1) is 5.38 Å². The minimum atomic E-state index is -0.0591. The van der Waals surface area contributed by atoms with Gasteiger partial charge in [-0.2, -0.15) is 0 Å². The van der Waals surface area contributed by atoms with E-state index in [0.29, 0.717) is 19.5 Å². The molecule has 0 aromatic heterocycles. The van der Waals surface area contributed by atoms with Crippen molar-refractivity contribution in [2.45, 2.75) is 18.2 Å². The number of amides is 1. The number of carbonyl (C=O) groups excluding carboxylic acids is 1. The minimum Gasteiger partial charge on any atom is -0.330 e. The van der Waals surface area contributed by atoms with Gasteiger partial charge >= 0.3 is 0 Å². The molecule has 1 aliphatic heterocycles. The summed E-state index contributed by atoms with van der Waals surface area (Å²) in [6, 6.07) is 7.93. The van der Waals surface area contributed by atoms with Crippen LogP contribution in [0.2, 0.25) is 0 Å². The number of rotatable bonds is 3. The van der Waals surface area contributed by atoms with Crippen LogP contribution in [0, 0.1) is 0 Å². The van der Waals surface area contributed by atoms with Crippen LogP contribution in [-0.2, 0) is 11.2 Å². The van der Waals surface area contributed by atoms with Crippen molar-refractivity contribution < 1.29 is 4.79 Å². The molecule has 0 saturated carbocycles. The zero-order chi connectivity index (χ0) is 11.5. The van der Waals surface area contributed by atoms with Crippen molar-refractivity contribution >= 4 is 23.2 Å². The van der Waals surface area contributed by atoms with Gasteiger partial charge < -0.3 is 10.6 Å². The first-order valence-corrected chi connectivity index (χ1v) is 5.88. The third kappa shape index (κ3) is 2.36. The summed E-state index contributed by atoms with van der Waals surface area (Å²) in [6.45, 7) is 1.25. The summed E-state index contributed by atoms with van der Waals surface area (Å²) in [4.78, 5) is 13.4. The molecule has 1 saturated heterocycles. The zero-order valence-electron chi connectivity index (χ0n) is 9.03. The number of alkyl halides is 1. The second kappa shape index (κ2) is 4.85. The van der Waals surface area contributed by atoms with Crippen molar-refractivity contribution in [3.63, 3.8) is 0 Å². The molecule has 1 fully saturated rings. The molecule has 1 aromatic rings. The highest BCUT2D eigenvalue weighted by Gasteiger charge is 2.28. The maximum atomic E-state index is 11.6. The first kappa shape index (κ1) is 11.4. The van der Waals surface area contributed by atoms with Gasteiger partial charge in [0.1, 0.15) is 0 Å². The van der Waals surface area contributed by atoms with Gasteiger partial charge in [-0.15, -0.1) is 11.6 Å². The molecule has 1 unspecified atom stereocenters. The van der Waals surface area contributed by atoms with E-state index in [1.165, 1.54) is 5.56 Å². The number of anilines is 1. The normalized spacial score (nSPS) is 20.5. The summed E-state index contributed by atoms with van der Waals surface area (Å²) in [5, 5.41) is -0.0591. The van der Waals surface area contributed by atoms with E-state index >= 15 is 0 Å². The highest BCUT2D eigenvalue weighted by atomic mass is 35.5. The average molecular weight is 239 g/mol. The predicted octanol–water partition coefficient (Wildman–Crippen LogP) is 1.53. The van der Waals surface area contributed by atoms with Gasteiger partial charge in [0.2, 0.25) is 5.91 Å². The lowest BCUT2D eigenvalue weighted by molar-refractivity contribution is -0.117. The fourth-order valence-corrected chi connectivity index (χ4v) is 2.19.